The van der Waals surface area contributed by atoms with Gasteiger partial charge in [0, 0.05) is 12.6 Å². The lowest BCUT2D eigenvalue weighted by Crippen LogP contribution is -2.33. The Hall–Kier alpha value is -3.46. The number of amides is 1. The molecule has 8 nitrogen and oxygen atoms in total. The van der Waals surface area contributed by atoms with Gasteiger partial charge in [-0.15, -0.1) is 10.2 Å². The van der Waals surface area contributed by atoms with Gasteiger partial charge in [-0.3, -0.25) is 9.59 Å². The molecule has 4 aromatic rings. The van der Waals surface area contributed by atoms with Gasteiger partial charge in [-0.1, -0.05) is 55.9 Å². The molecule has 2 heterocycles. The number of aromatic amines is 1. The zero-order valence-electron chi connectivity index (χ0n) is 18.1. The molecule has 0 spiro atoms. The summed E-state index contributed by atoms with van der Waals surface area (Å²) in [5, 5.41) is 13.0. The predicted molar refractivity (Wildman–Crippen MR) is 124 cm³/mol. The van der Waals surface area contributed by atoms with Crippen LogP contribution in [-0.4, -0.2) is 30.6 Å². The van der Waals surface area contributed by atoms with Crippen LogP contribution in [0.2, 0.25) is 0 Å². The van der Waals surface area contributed by atoms with Crippen molar-refractivity contribution in [1.82, 2.24) is 30.0 Å². The second-order valence-corrected chi connectivity index (χ2v) is 8.72. The highest BCUT2D eigenvalue weighted by Crippen LogP contribution is 2.25. The van der Waals surface area contributed by atoms with Crippen molar-refractivity contribution in [3.05, 3.63) is 82.2 Å². The summed E-state index contributed by atoms with van der Waals surface area (Å²) < 4.78 is 1.87. The Morgan fingerprint density at radius 3 is 2.56 bits per heavy atom. The third-order valence-corrected chi connectivity index (χ3v) is 6.17. The quantitative estimate of drug-likeness (QED) is 0.420. The van der Waals surface area contributed by atoms with Crippen LogP contribution in [0, 0.1) is 5.92 Å². The highest BCUT2D eigenvalue weighted by molar-refractivity contribution is 7.98. The van der Waals surface area contributed by atoms with E-state index in [4.69, 9.17) is 0 Å². The molecular weight excluding hydrogens is 424 g/mol. The van der Waals surface area contributed by atoms with E-state index in [1.165, 1.54) is 11.8 Å². The average molecular weight is 449 g/mol. The first-order valence-electron chi connectivity index (χ1n) is 10.3. The minimum atomic E-state index is -0.298. The molecule has 2 N–H and O–H groups in total. The van der Waals surface area contributed by atoms with Crippen molar-refractivity contribution in [2.45, 2.75) is 30.8 Å². The number of hydrogen-bond acceptors (Lipinski definition) is 6. The number of rotatable bonds is 7. The van der Waals surface area contributed by atoms with E-state index in [1.54, 1.807) is 18.2 Å². The monoisotopic (exact) mass is 448 g/mol. The molecule has 2 aromatic carbocycles. The van der Waals surface area contributed by atoms with Crippen LogP contribution < -0.4 is 10.9 Å². The van der Waals surface area contributed by atoms with Crippen LogP contribution in [0.5, 0.6) is 0 Å². The molecule has 0 bridgehead atoms. The fraction of sp³-hybridized carbons (Fsp3) is 0.261. The fourth-order valence-electron chi connectivity index (χ4n) is 3.40. The highest BCUT2D eigenvalue weighted by Gasteiger charge is 2.25. The summed E-state index contributed by atoms with van der Waals surface area (Å²) in [6.45, 7) is 4.06. The number of carbonyl (C=O) groups excluding carboxylic acids is 1. The van der Waals surface area contributed by atoms with Gasteiger partial charge in [-0.05, 0) is 30.2 Å². The van der Waals surface area contributed by atoms with Gasteiger partial charge in [-0.25, -0.2) is 4.98 Å². The number of para-hydroxylation sites is 1. The average Bonchev–Trinajstić information content (AvgIpc) is 3.16. The van der Waals surface area contributed by atoms with E-state index in [1.807, 2.05) is 61.9 Å². The number of benzene rings is 2. The second-order valence-electron chi connectivity index (χ2n) is 7.78. The highest BCUT2D eigenvalue weighted by atomic mass is 32.2. The largest absolute Gasteiger partial charge is 0.342 e. The number of nitrogens with one attached hydrogen (secondary N) is 2. The summed E-state index contributed by atoms with van der Waals surface area (Å²) >= 11 is 1.43. The van der Waals surface area contributed by atoms with Crippen LogP contribution in [0.3, 0.4) is 0 Å². The van der Waals surface area contributed by atoms with Crippen LogP contribution in [-0.2, 0) is 12.8 Å². The van der Waals surface area contributed by atoms with E-state index >= 15 is 0 Å². The van der Waals surface area contributed by atoms with E-state index in [0.29, 0.717) is 39.0 Å². The summed E-state index contributed by atoms with van der Waals surface area (Å²) in [4.78, 5) is 32.3. The molecule has 0 fully saturated rings. The number of H-pyrrole nitrogens is 1. The normalized spacial score (nSPS) is 12.2. The van der Waals surface area contributed by atoms with Crippen molar-refractivity contribution >= 4 is 28.6 Å². The molecule has 0 saturated heterocycles. The molecule has 32 heavy (non-hydrogen) atoms. The SMILES string of the molecule is CC(C)[C@@H](NC(=O)c1ccccc1)c1nnc(SCc2nc3ccccc3c(=O)[nH]2)n1C. The molecule has 9 heteroatoms. The lowest BCUT2D eigenvalue weighted by atomic mass is 10.0. The number of hydrogen-bond donors (Lipinski definition) is 2. The standard InChI is InChI=1S/C23H24N6O2S/c1-14(2)19(26-21(30)15-9-5-4-6-10-15)20-27-28-23(29(20)3)32-13-18-24-17-12-8-7-11-16(17)22(31)25-18/h4-12,14,19H,13H2,1-3H3,(H,26,30)(H,24,25,31)/t19-/m1/s1. The Morgan fingerprint density at radius 2 is 1.81 bits per heavy atom. The van der Waals surface area contributed by atoms with Crippen molar-refractivity contribution in [1.29, 1.82) is 0 Å². The zero-order chi connectivity index (χ0) is 22.7. The number of thioether (sulfide) groups is 1. The van der Waals surface area contributed by atoms with Crippen LogP contribution >= 0.6 is 11.8 Å². The third-order valence-electron chi connectivity index (χ3n) is 5.14. The van der Waals surface area contributed by atoms with Crippen molar-refractivity contribution in [3.63, 3.8) is 0 Å². The molecule has 1 atom stereocenters. The molecular formula is C23H24N6O2S. The summed E-state index contributed by atoms with van der Waals surface area (Å²) in [7, 11) is 1.87. The van der Waals surface area contributed by atoms with Gasteiger partial charge in [0.1, 0.15) is 5.82 Å². The van der Waals surface area contributed by atoms with Gasteiger partial charge in [-0.2, -0.15) is 0 Å². The lowest BCUT2D eigenvalue weighted by Gasteiger charge is -2.21. The number of aromatic nitrogens is 5. The first-order valence-corrected chi connectivity index (χ1v) is 11.3. The van der Waals surface area contributed by atoms with Gasteiger partial charge in [0.25, 0.3) is 11.5 Å². The summed E-state index contributed by atoms with van der Waals surface area (Å²) in [5.74, 6) is 1.64. The molecule has 164 valence electrons. The first kappa shape index (κ1) is 21.8. The lowest BCUT2D eigenvalue weighted by molar-refractivity contribution is 0.0922. The first-order chi connectivity index (χ1) is 15.4. The maximum atomic E-state index is 12.7. The zero-order valence-corrected chi connectivity index (χ0v) is 18.9. The van der Waals surface area contributed by atoms with Gasteiger partial charge >= 0.3 is 0 Å². The van der Waals surface area contributed by atoms with Crippen molar-refractivity contribution in [3.8, 4) is 0 Å². The summed E-state index contributed by atoms with van der Waals surface area (Å²) in [6.07, 6.45) is 0. The molecule has 0 aliphatic carbocycles. The Balaban J connectivity index is 1.51. The van der Waals surface area contributed by atoms with E-state index < -0.39 is 0 Å². The number of nitrogens with zero attached hydrogens (tertiary/aromatic N) is 4. The molecule has 1 amide bonds. The van der Waals surface area contributed by atoms with E-state index in [2.05, 4.69) is 25.5 Å². The maximum Gasteiger partial charge on any atom is 0.258 e. The van der Waals surface area contributed by atoms with Gasteiger partial charge < -0.3 is 14.9 Å². The number of carbonyl (C=O) groups is 1. The smallest absolute Gasteiger partial charge is 0.258 e. The fourth-order valence-corrected chi connectivity index (χ4v) is 4.19. The van der Waals surface area contributed by atoms with Crippen molar-refractivity contribution in [2.75, 3.05) is 0 Å². The minimum absolute atomic E-state index is 0.113. The molecule has 0 aliphatic rings. The van der Waals surface area contributed by atoms with Gasteiger partial charge in [0.2, 0.25) is 0 Å². The Kier molecular flexibility index (Phi) is 6.36. The molecule has 0 aliphatic heterocycles. The Morgan fingerprint density at radius 1 is 1.09 bits per heavy atom. The van der Waals surface area contributed by atoms with Crippen LogP contribution in [0.4, 0.5) is 0 Å². The van der Waals surface area contributed by atoms with Crippen molar-refractivity contribution in [2.24, 2.45) is 13.0 Å². The van der Waals surface area contributed by atoms with E-state index in [9.17, 15) is 9.59 Å². The molecule has 0 radical (unpaired) electrons. The third kappa shape index (κ3) is 4.57. The van der Waals surface area contributed by atoms with Crippen molar-refractivity contribution < 1.29 is 4.79 Å². The summed E-state index contributed by atoms with van der Waals surface area (Å²) in [6, 6.07) is 16.1. The van der Waals surface area contributed by atoms with Crippen LogP contribution in [0.15, 0.2) is 64.5 Å². The topological polar surface area (TPSA) is 106 Å². The van der Waals surface area contributed by atoms with Crippen LogP contribution in [0.1, 0.15) is 41.9 Å². The van der Waals surface area contributed by atoms with Gasteiger partial charge in [0.05, 0.1) is 22.7 Å². The van der Waals surface area contributed by atoms with Crippen LogP contribution in [0.25, 0.3) is 10.9 Å². The molecule has 2 aromatic heterocycles. The molecule has 0 saturated carbocycles. The van der Waals surface area contributed by atoms with Gasteiger partial charge in [0.15, 0.2) is 11.0 Å². The Bertz CT molecular complexity index is 1300. The van der Waals surface area contributed by atoms with E-state index in [0.717, 1.165) is 0 Å². The maximum absolute atomic E-state index is 12.7. The molecule has 0 unspecified atom stereocenters. The summed E-state index contributed by atoms with van der Waals surface area (Å²) in [5.41, 5.74) is 1.10. The Labute approximate surface area is 189 Å². The second kappa shape index (κ2) is 9.35. The van der Waals surface area contributed by atoms with E-state index in [-0.39, 0.29) is 23.4 Å². The predicted octanol–water partition coefficient (Wildman–Crippen LogP) is 3.47. The molecule has 4 rings (SSSR count). The number of fused-ring (bicyclic) bond motifs is 1. The minimum Gasteiger partial charge on any atom is -0.342 e.